The zero-order valence-electron chi connectivity index (χ0n) is 9.93. The van der Waals surface area contributed by atoms with Crippen molar-refractivity contribution >= 4 is 27.3 Å². The van der Waals surface area contributed by atoms with Gasteiger partial charge < -0.3 is 0 Å². The van der Waals surface area contributed by atoms with Crippen molar-refractivity contribution in [2.75, 3.05) is 0 Å². The SMILES string of the molecule is C[C@@H]1CCc2c(sc3nc4[nH]ncn4c(=O)c23)C1. The standard InChI is InChI=1S/C12H12N4OS/c1-6-2-3-7-8(4-6)18-10-9(7)11(17)16-5-13-15-12(16)14-10/h5-6H,2-4H2,1H3,(H,14,15)/t6-/m1/s1. The number of hydrogen-bond donors (Lipinski definition) is 1. The van der Waals surface area contributed by atoms with Crippen molar-refractivity contribution in [2.45, 2.75) is 26.2 Å². The van der Waals surface area contributed by atoms with Gasteiger partial charge in [0.2, 0.25) is 5.78 Å². The van der Waals surface area contributed by atoms with Crippen LogP contribution in [0.25, 0.3) is 16.0 Å². The summed E-state index contributed by atoms with van der Waals surface area (Å²) in [5.74, 6) is 1.24. The van der Waals surface area contributed by atoms with Crippen molar-refractivity contribution in [3.05, 3.63) is 27.1 Å². The van der Waals surface area contributed by atoms with E-state index in [1.54, 1.807) is 11.3 Å². The molecule has 0 aromatic carbocycles. The maximum atomic E-state index is 12.4. The van der Waals surface area contributed by atoms with Gasteiger partial charge in [0, 0.05) is 4.88 Å². The van der Waals surface area contributed by atoms with Gasteiger partial charge in [-0.05, 0) is 30.7 Å². The number of aromatic nitrogens is 4. The normalized spacial score (nSPS) is 19.5. The summed E-state index contributed by atoms with van der Waals surface area (Å²) in [4.78, 5) is 19.1. The Morgan fingerprint density at radius 1 is 1.56 bits per heavy atom. The third-order valence-corrected chi connectivity index (χ3v) is 4.85. The molecule has 5 nitrogen and oxygen atoms in total. The summed E-state index contributed by atoms with van der Waals surface area (Å²) < 4.78 is 1.49. The van der Waals surface area contributed by atoms with Gasteiger partial charge in [-0.15, -0.1) is 11.3 Å². The molecular formula is C12H12N4OS. The molecule has 0 unspecified atom stereocenters. The number of rotatable bonds is 0. The van der Waals surface area contributed by atoms with Crippen LogP contribution in [0, 0.1) is 5.92 Å². The number of nitrogens with one attached hydrogen (secondary N) is 1. The smallest absolute Gasteiger partial charge is 0.268 e. The molecule has 0 aliphatic heterocycles. The second-order valence-corrected chi connectivity index (χ2v) is 6.08. The summed E-state index contributed by atoms with van der Waals surface area (Å²) in [5, 5.41) is 7.43. The van der Waals surface area contributed by atoms with Gasteiger partial charge in [-0.1, -0.05) is 6.92 Å². The lowest BCUT2D eigenvalue weighted by Gasteiger charge is -2.17. The highest BCUT2D eigenvalue weighted by molar-refractivity contribution is 7.18. The molecule has 0 spiro atoms. The first-order valence-electron chi connectivity index (χ1n) is 6.10. The van der Waals surface area contributed by atoms with Crippen molar-refractivity contribution in [3.63, 3.8) is 0 Å². The number of H-pyrrole nitrogens is 1. The molecule has 0 amide bonds. The number of thiophene rings is 1. The van der Waals surface area contributed by atoms with E-state index >= 15 is 0 Å². The molecule has 0 bridgehead atoms. The number of hydrogen-bond acceptors (Lipinski definition) is 4. The van der Waals surface area contributed by atoms with Crippen LogP contribution in [0.2, 0.25) is 0 Å². The zero-order valence-corrected chi connectivity index (χ0v) is 10.8. The van der Waals surface area contributed by atoms with Gasteiger partial charge in [0.25, 0.3) is 5.56 Å². The average Bonchev–Trinajstić information content (AvgIpc) is 2.92. The molecule has 0 fully saturated rings. The average molecular weight is 260 g/mol. The lowest BCUT2D eigenvalue weighted by molar-refractivity contribution is 0.509. The van der Waals surface area contributed by atoms with Crippen molar-refractivity contribution < 1.29 is 0 Å². The first-order valence-corrected chi connectivity index (χ1v) is 6.91. The van der Waals surface area contributed by atoms with Crippen LogP contribution in [0.1, 0.15) is 23.8 Å². The van der Waals surface area contributed by atoms with Gasteiger partial charge in [-0.25, -0.2) is 14.5 Å². The molecule has 0 radical (unpaired) electrons. The molecule has 18 heavy (non-hydrogen) atoms. The highest BCUT2D eigenvalue weighted by atomic mass is 32.1. The fourth-order valence-corrected chi connectivity index (χ4v) is 4.11. The largest absolute Gasteiger partial charge is 0.269 e. The molecule has 1 N–H and O–H groups in total. The fraction of sp³-hybridized carbons (Fsp3) is 0.417. The minimum Gasteiger partial charge on any atom is -0.268 e. The summed E-state index contributed by atoms with van der Waals surface area (Å²) in [6.45, 7) is 2.27. The van der Waals surface area contributed by atoms with Gasteiger partial charge >= 0.3 is 0 Å². The van der Waals surface area contributed by atoms with Crippen molar-refractivity contribution in [2.24, 2.45) is 5.92 Å². The quantitative estimate of drug-likeness (QED) is 0.670. The van der Waals surface area contributed by atoms with E-state index in [1.807, 2.05) is 0 Å². The van der Waals surface area contributed by atoms with Crippen LogP contribution in [-0.2, 0) is 12.8 Å². The Morgan fingerprint density at radius 2 is 2.44 bits per heavy atom. The van der Waals surface area contributed by atoms with Crippen LogP contribution in [0.4, 0.5) is 0 Å². The van der Waals surface area contributed by atoms with Crippen LogP contribution >= 0.6 is 11.3 Å². The van der Waals surface area contributed by atoms with E-state index in [2.05, 4.69) is 22.1 Å². The monoisotopic (exact) mass is 260 g/mol. The van der Waals surface area contributed by atoms with Crippen LogP contribution in [0.15, 0.2) is 11.1 Å². The second kappa shape index (κ2) is 3.41. The summed E-state index contributed by atoms with van der Waals surface area (Å²) in [7, 11) is 0. The minimum absolute atomic E-state index is 0.0100. The number of nitrogens with zero attached hydrogens (tertiary/aromatic N) is 3. The minimum atomic E-state index is 0.0100. The molecular weight excluding hydrogens is 248 g/mol. The highest BCUT2D eigenvalue weighted by Gasteiger charge is 2.23. The maximum Gasteiger partial charge on any atom is 0.269 e. The summed E-state index contributed by atoms with van der Waals surface area (Å²) >= 11 is 1.66. The van der Waals surface area contributed by atoms with Crippen LogP contribution in [0.3, 0.4) is 0 Å². The van der Waals surface area contributed by atoms with E-state index in [1.165, 1.54) is 21.2 Å². The molecule has 4 rings (SSSR count). The third-order valence-electron chi connectivity index (χ3n) is 3.70. The first-order chi connectivity index (χ1) is 8.74. The Balaban J connectivity index is 2.15. The van der Waals surface area contributed by atoms with Gasteiger partial charge in [0.1, 0.15) is 11.2 Å². The Labute approximate surface area is 106 Å². The Hall–Kier alpha value is -1.69. The number of aromatic amines is 1. The van der Waals surface area contributed by atoms with E-state index < -0.39 is 0 Å². The van der Waals surface area contributed by atoms with Crippen LogP contribution < -0.4 is 5.56 Å². The lowest BCUT2D eigenvalue weighted by Crippen LogP contribution is -2.15. The van der Waals surface area contributed by atoms with Crippen LogP contribution in [0.5, 0.6) is 0 Å². The van der Waals surface area contributed by atoms with E-state index in [9.17, 15) is 4.79 Å². The zero-order chi connectivity index (χ0) is 12.3. The third kappa shape index (κ3) is 1.23. The van der Waals surface area contributed by atoms with Gasteiger partial charge in [0.15, 0.2) is 0 Å². The molecule has 1 aliphatic carbocycles. The van der Waals surface area contributed by atoms with E-state index in [0.29, 0.717) is 11.7 Å². The molecule has 0 saturated carbocycles. The Kier molecular flexibility index (Phi) is 1.94. The predicted molar refractivity (Wildman–Crippen MR) is 70.2 cm³/mol. The summed E-state index contributed by atoms with van der Waals surface area (Å²) in [6.07, 6.45) is 4.73. The molecule has 0 saturated heterocycles. The van der Waals surface area contributed by atoms with Crippen molar-refractivity contribution in [3.8, 4) is 0 Å². The summed E-state index contributed by atoms with van der Waals surface area (Å²) in [5.41, 5.74) is 1.23. The molecule has 3 aromatic rings. The first kappa shape index (κ1) is 10.3. The highest BCUT2D eigenvalue weighted by Crippen LogP contribution is 2.35. The van der Waals surface area contributed by atoms with Gasteiger partial charge in [0.05, 0.1) is 5.39 Å². The molecule has 3 aromatic heterocycles. The number of fused-ring (bicyclic) bond motifs is 4. The van der Waals surface area contributed by atoms with Gasteiger partial charge in [-0.2, -0.15) is 5.10 Å². The Morgan fingerprint density at radius 3 is 3.33 bits per heavy atom. The molecule has 6 heteroatoms. The predicted octanol–water partition coefficient (Wildman–Crippen LogP) is 1.76. The van der Waals surface area contributed by atoms with E-state index in [4.69, 9.17) is 0 Å². The molecule has 1 atom stereocenters. The molecule has 1 aliphatic rings. The number of aryl methyl sites for hydroxylation is 1. The molecule has 92 valence electrons. The fourth-order valence-electron chi connectivity index (χ4n) is 2.73. The summed E-state index contributed by atoms with van der Waals surface area (Å²) in [6, 6.07) is 0. The topological polar surface area (TPSA) is 63.1 Å². The second-order valence-electron chi connectivity index (χ2n) is 5.00. The van der Waals surface area contributed by atoms with Crippen LogP contribution in [-0.4, -0.2) is 19.6 Å². The lowest BCUT2D eigenvalue weighted by atomic mass is 9.89. The van der Waals surface area contributed by atoms with E-state index in [0.717, 1.165) is 29.5 Å². The van der Waals surface area contributed by atoms with E-state index in [-0.39, 0.29) is 5.56 Å². The molecule has 3 heterocycles. The Bertz CT molecular complexity index is 813. The van der Waals surface area contributed by atoms with Gasteiger partial charge in [-0.3, -0.25) is 4.79 Å². The van der Waals surface area contributed by atoms with Crippen molar-refractivity contribution in [1.29, 1.82) is 0 Å². The maximum absolute atomic E-state index is 12.4. The van der Waals surface area contributed by atoms with Crippen molar-refractivity contribution in [1.82, 2.24) is 19.6 Å².